The first-order valence-corrected chi connectivity index (χ1v) is 10.8. The highest BCUT2D eigenvalue weighted by Crippen LogP contribution is 2.29. The van der Waals surface area contributed by atoms with Crippen molar-refractivity contribution in [2.45, 2.75) is 18.9 Å². The molecule has 0 atom stereocenters. The first-order chi connectivity index (χ1) is 14.3. The van der Waals surface area contributed by atoms with Gasteiger partial charge >= 0.3 is 0 Å². The number of hydrogen-bond donors (Lipinski definition) is 4. The number of nitrogens with zero attached hydrogens (tertiary/aromatic N) is 3. The Morgan fingerprint density at radius 2 is 1.97 bits per heavy atom. The number of rotatable bonds is 3. The third kappa shape index (κ3) is 4.12. The summed E-state index contributed by atoms with van der Waals surface area (Å²) in [7, 11) is 0. The molecule has 7 nitrogen and oxygen atoms in total. The van der Waals surface area contributed by atoms with Crippen LogP contribution in [0.3, 0.4) is 0 Å². The maximum atomic E-state index is 12.8. The number of carbonyl (C=O) groups excluding carboxylic acids is 1. The Labute approximate surface area is 178 Å². The topological polar surface area (TPSA) is 99.9 Å². The van der Waals surface area contributed by atoms with Crippen molar-refractivity contribution < 1.29 is 4.79 Å². The standard InChI is InChI=1S/C20H19N5OS.H3NS/c26-20(24-15-9-13-3-1-2-4-14(13)10-15)17-11-25(7-8-27-17)19-16-5-6-21-18(16)22-12-23-19;1-2/h1-6,11-12,15H,7-10H2,(H,24,26)(H,21,22,23);2H,1H2. The van der Waals surface area contributed by atoms with Crippen molar-refractivity contribution >= 4 is 47.3 Å². The molecule has 3 aromatic rings. The van der Waals surface area contributed by atoms with E-state index < -0.39 is 0 Å². The van der Waals surface area contributed by atoms with Gasteiger partial charge in [0.15, 0.2) is 0 Å². The van der Waals surface area contributed by atoms with Crippen LogP contribution in [0.5, 0.6) is 0 Å². The first kappa shape index (κ1) is 19.8. The highest BCUT2D eigenvalue weighted by atomic mass is 32.2. The van der Waals surface area contributed by atoms with Gasteiger partial charge in [0.05, 0.1) is 10.3 Å². The number of benzene rings is 1. The van der Waals surface area contributed by atoms with Gasteiger partial charge in [0.1, 0.15) is 17.8 Å². The first-order valence-electron chi connectivity index (χ1n) is 9.31. The zero-order valence-electron chi connectivity index (χ0n) is 15.7. The van der Waals surface area contributed by atoms with E-state index in [2.05, 4.69) is 62.5 Å². The molecule has 1 aromatic carbocycles. The Balaban J connectivity index is 0.000000994. The average molecular weight is 427 g/mol. The lowest BCUT2D eigenvalue weighted by Crippen LogP contribution is -2.37. The summed E-state index contributed by atoms with van der Waals surface area (Å²) < 4.78 is 0. The number of anilines is 1. The second-order valence-corrected chi connectivity index (χ2v) is 7.96. The van der Waals surface area contributed by atoms with Gasteiger partial charge in [-0.2, -0.15) is 0 Å². The SMILES string of the molecule is NS.O=C(NC1Cc2ccccc2C1)C1=CN(c2ncnc3[nH]ccc23)CCS1. The number of nitrogens with one attached hydrogen (secondary N) is 2. The van der Waals surface area contributed by atoms with Gasteiger partial charge < -0.3 is 15.2 Å². The zero-order chi connectivity index (χ0) is 20.2. The Morgan fingerprint density at radius 3 is 2.72 bits per heavy atom. The second-order valence-electron chi connectivity index (χ2n) is 6.82. The van der Waals surface area contributed by atoms with E-state index in [9.17, 15) is 4.79 Å². The van der Waals surface area contributed by atoms with Gasteiger partial charge in [0, 0.05) is 30.7 Å². The molecule has 0 spiro atoms. The number of amides is 1. The quantitative estimate of drug-likeness (QED) is 0.480. The number of hydrogen-bond acceptors (Lipinski definition) is 7. The van der Waals surface area contributed by atoms with E-state index in [-0.39, 0.29) is 11.9 Å². The minimum absolute atomic E-state index is 0.00174. The third-order valence-corrected chi connectivity index (χ3v) is 6.07. The van der Waals surface area contributed by atoms with Crippen molar-refractivity contribution in [3.05, 3.63) is 65.1 Å². The van der Waals surface area contributed by atoms with Crippen molar-refractivity contribution in [1.29, 1.82) is 0 Å². The summed E-state index contributed by atoms with van der Waals surface area (Å²) in [4.78, 5) is 27.4. The zero-order valence-corrected chi connectivity index (χ0v) is 17.4. The summed E-state index contributed by atoms with van der Waals surface area (Å²) in [6.07, 6.45) is 7.13. The summed E-state index contributed by atoms with van der Waals surface area (Å²) in [5.41, 5.74) is 3.48. The fourth-order valence-electron chi connectivity index (χ4n) is 3.79. The lowest BCUT2D eigenvalue weighted by Gasteiger charge is -2.26. The Bertz CT molecular complexity index is 1030. The van der Waals surface area contributed by atoms with E-state index in [4.69, 9.17) is 0 Å². The molecule has 0 saturated heterocycles. The van der Waals surface area contributed by atoms with E-state index in [1.54, 1.807) is 18.1 Å². The third-order valence-electron chi connectivity index (χ3n) is 5.08. The highest BCUT2D eigenvalue weighted by Gasteiger charge is 2.26. The molecule has 0 unspecified atom stereocenters. The van der Waals surface area contributed by atoms with Crippen molar-refractivity contribution in [2.75, 3.05) is 17.2 Å². The summed E-state index contributed by atoms with van der Waals surface area (Å²) in [6.45, 7) is 0.813. The number of aromatic nitrogens is 3. The summed E-state index contributed by atoms with van der Waals surface area (Å²) in [5, 5.41) is 8.36. The van der Waals surface area contributed by atoms with Gasteiger partial charge in [-0.05, 0) is 30.0 Å². The van der Waals surface area contributed by atoms with Gasteiger partial charge in [-0.3, -0.25) is 9.93 Å². The van der Waals surface area contributed by atoms with Gasteiger partial charge in [0.2, 0.25) is 0 Å². The number of aromatic amines is 1. The average Bonchev–Trinajstić information content (AvgIpc) is 3.41. The van der Waals surface area contributed by atoms with Crippen LogP contribution in [-0.2, 0) is 17.6 Å². The smallest absolute Gasteiger partial charge is 0.259 e. The van der Waals surface area contributed by atoms with Crippen molar-refractivity contribution in [3.63, 3.8) is 0 Å². The van der Waals surface area contributed by atoms with Crippen LogP contribution in [0.1, 0.15) is 11.1 Å². The molecular weight excluding hydrogens is 404 g/mol. The molecule has 0 fully saturated rings. The molecule has 2 aliphatic rings. The van der Waals surface area contributed by atoms with Crippen molar-refractivity contribution in [3.8, 4) is 0 Å². The van der Waals surface area contributed by atoms with Crippen LogP contribution >= 0.6 is 24.6 Å². The molecular formula is C20H22N6OS2. The van der Waals surface area contributed by atoms with Crippen LogP contribution < -0.4 is 15.4 Å². The normalized spacial score (nSPS) is 16.1. The lowest BCUT2D eigenvalue weighted by molar-refractivity contribution is -0.117. The summed E-state index contributed by atoms with van der Waals surface area (Å²) >= 11 is 4.63. The fourth-order valence-corrected chi connectivity index (χ4v) is 4.69. The van der Waals surface area contributed by atoms with E-state index in [0.717, 1.165) is 46.9 Å². The predicted molar refractivity (Wildman–Crippen MR) is 121 cm³/mol. The molecule has 4 N–H and O–H groups in total. The molecule has 0 radical (unpaired) electrons. The maximum Gasteiger partial charge on any atom is 0.259 e. The number of H-pyrrole nitrogens is 1. The summed E-state index contributed by atoms with van der Waals surface area (Å²) in [5.74, 6) is 1.68. The molecule has 9 heteroatoms. The minimum atomic E-state index is 0.00174. The second kappa shape index (κ2) is 8.89. The molecule has 1 aliphatic heterocycles. The molecule has 1 aliphatic carbocycles. The van der Waals surface area contributed by atoms with Crippen LogP contribution in [-0.4, -0.2) is 39.2 Å². The van der Waals surface area contributed by atoms with E-state index in [0.29, 0.717) is 0 Å². The Morgan fingerprint density at radius 1 is 1.21 bits per heavy atom. The van der Waals surface area contributed by atoms with E-state index in [1.807, 2.05) is 23.4 Å². The highest BCUT2D eigenvalue weighted by molar-refractivity contribution is 8.04. The van der Waals surface area contributed by atoms with Crippen LogP contribution in [0.2, 0.25) is 0 Å². The van der Waals surface area contributed by atoms with Crippen molar-refractivity contribution in [2.24, 2.45) is 5.14 Å². The summed E-state index contributed by atoms with van der Waals surface area (Å²) in [6, 6.07) is 10.6. The minimum Gasteiger partial charge on any atom is -0.348 e. The van der Waals surface area contributed by atoms with Gasteiger partial charge in [-0.15, -0.1) is 24.6 Å². The van der Waals surface area contributed by atoms with Crippen LogP contribution in [0.15, 0.2) is 54.0 Å². The van der Waals surface area contributed by atoms with Gasteiger partial charge in [-0.1, -0.05) is 24.3 Å². The maximum absolute atomic E-state index is 12.8. The Kier molecular flexibility index (Phi) is 6.08. The fraction of sp³-hybridized carbons (Fsp3) is 0.250. The van der Waals surface area contributed by atoms with Crippen LogP contribution in [0, 0.1) is 0 Å². The predicted octanol–water partition coefficient (Wildman–Crippen LogP) is 2.43. The van der Waals surface area contributed by atoms with Crippen LogP contribution in [0.25, 0.3) is 11.0 Å². The lowest BCUT2D eigenvalue weighted by atomic mass is 10.1. The van der Waals surface area contributed by atoms with E-state index in [1.165, 1.54) is 11.1 Å². The molecule has 1 amide bonds. The number of nitrogens with two attached hydrogens (primary N) is 1. The Hall–Kier alpha value is -2.49. The molecule has 29 heavy (non-hydrogen) atoms. The van der Waals surface area contributed by atoms with E-state index >= 15 is 0 Å². The number of carbonyl (C=O) groups is 1. The van der Waals surface area contributed by atoms with Crippen molar-refractivity contribution in [1.82, 2.24) is 20.3 Å². The molecule has 3 heterocycles. The molecule has 5 rings (SSSR count). The van der Waals surface area contributed by atoms with Crippen LogP contribution in [0.4, 0.5) is 5.82 Å². The monoisotopic (exact) mass is 426 g/mol. The number of thiol groups is 1. The van der Waals surface area contributed by atoms with Gasteiger partial charge in [-0.25, -0.2) is 9.97 Å². The number of thioether (sulfide) groups is 1. The molecule has 2 aromatic heterocycles. The molecule has 0 bridgehead atoms. The molecule has 150 valence electrons. The van der Waals surface area contributed by atoms with Gasteiger partial charge in [0.25, 0.3) is 5.91 Å². The largest absolute Gasteiger partial charge is 0.348 e. The molecule has 0 saturated carbocycles. The number of fused-ring (bicyclic) bond motifs is 2.